The number of aliphatic imine (C=N–C) groups is 1. The molecule has 2 atom stereocenters. The van der Waals surface area contributed by atoms with Crippen LogP contribution in [-0.2, 0) is 6.42 Å². The zero-order chi connectivity index (χ0) is 18.8. The Kier molecular flexibility index (Phi) is 5.27. The number of thioether (sulfide) groups is 1. The van der Waals surface area contributed by atoms with E-state index in [0.717, 1.165) is 36.0 Å². The van der Waals surface area contributed by atoms with Crippen molar-refractivity contribution >= 4 is 16.9 Å². The Morgan fingerprint density at radius 2 is 1.96 bits per heavy atom. The fourth-order valence-electron chi connectivity index (χ4n) is 3.87. The lowest BCUT2D eigenvalue weighted by Gasteiger charge is -2.41. The second kappa shape index (κ2) is 7.82. The third kappa shape index (κ3) is 3.39. The summed E-state index contributed by atoms with van der Waals surface area (Å²) >= 11 is 1.77. The first-order chi connectivity index (χ1) is 13.2. The van der Waals surface area contributed by atoms with E-state index in [-0.39, 0.29) is 6.04 Å². The summed E-state index contributed by atoms with van der Waals surface area (Å²) in [4.78, 5) is 6.93. The Bertz CT molecular complexity index is 855. The molecule has 0 saturated heterocycles. The third-order valence-electron chi connectivity index (χ3n) is 5.19. The van der Waals surface area contributed by atoms with Gasteiger partial charge in [-0.05, 0) is 35.2 Å². The molecule has 2 aliphatic rings. The van der Waals surface area contributed by atoms with Crippen molar-refractivity contribution in [2.45, 2.75) is 18.6 Å². The van der Waals surface area contributed by atoms with Crippen LogP contribution in [0.3, 0.4) is 0 Å². The summed E-state index contributed by atoms with van der Waals surface area (Å²) in [6, 6.07) is 13.8. The van der Waals surface area contributed by atoms with E-state index in [0.29, 0.717) is 11.5 Å². The molecule has 2 unspecified atom stereocenters. The standard InChI is InChI=1S/C21H24N2O3S/c1-25-17-8-7-15(13-18(17)26-2)20(24)19-16-6-4-3-5-14(16)9-11-23(19)21-22-10-12-27-21/h3-8,13,19-20,24H,9-12H2,1-2H3. The smallest absolute Gasteiger partial charge is 0.161 e. The maximum absolute atomic E-state index is 11.4. The minimum absolute atomic E-state index is 0.169. The highest BCUT2D eigenvalue weighted by Gasteiger charge is 2.36. The number of hydrogen-bond donors (Lipinski definition) is 1. The van der Waals surface area contributed by atoms with Crippen LogP contribution in [0.1, 0.15) is 28.8 Å². The number of amidine groups is 1. The highest BCUT2D eigenvalue weighted by molar-refractivity contribution is 8.14. The Morgan fingerprint density at radius 3 is 2.70 bits per heavy atom. The molecule has 0 saturated carbocycles. The van der Waals surface area contributed by atoms with E-state index in [1.807, 2.05) is 24.3 Å². The van der Waals surface area contributed by atoms with Crippen molar-refractivity contribution in [2.75, 3.05) is 33.1 Å². The van der Waals surface area contributed by atoms with Gasteiger partial charge in [0.2, 0.25) is 0 Å². The fraction of sp³-hybridized carbons (Fsp3) is 0.381. The van der Waals surface area contributed by atoms with E-state index in [1.165, 1.54) is 11.1 Å². The van der Waals surface area contributed by atoms with Crippen LogP contribution in [-0.4, -0.2) is 48.2 Å². The van der Waals surface area contributed by atoms with E-state index in [4.69, 9.17) is 9.47 Å². The van der Waals surface area contributed by atoms with Gasteiger partial charge in [-0.15, -0.1) is 0 Å². The van der Waals surface area contributed by atoms with Crippen molar-refractivity contribution < 1.29 is 14.6 Å². The predicted molar refractivity (Wildman–Crippen MR) is 109 cm³/mol. The van der Waals surface area contributed by atoms with Crippen molar-refractivity contribution in [3.05, 3.63) is 59.2 Å². The molecule has 2 aliphatic heterocycles. The topological polar surface area (TPSA) is 54.3 Å². The second-order valence-corrected chi connectivity index (χ2v) is 7.72. The third-order valence-corrected chi connectivity index (χ3v) is 6.20. The monoisotopic (exact) mass is 384 g/mol. The van der Waals surface area contributed by atoms with Gasteiger partial charge in [-0.3, -0.25) is 4.99 Å². The Morgan fingerprint density at radius 1 is 1.15 bits per heavy atom. The van der Waals surface area contributed by atoms with Crippen molar-refractivity contribution in [3.63, 3.8) is 0 Å². The molecular weight excluding hydrogens is 360 g/mol. The molecule has 0 fully saturated rings. The number of rotatable bonds is 4. The second-order valence-electron chi connectivity index (χ2n) is 6.66. The van der Waals surface area contributed by atoms with E-state index in [9.17, 15) is 5.11 Å². The number of fused-ring (bicyclic) bond motifs is 1. The zero-order valence-corrected chi connectivity index (χ0v) is 16.4. The quantitative estimate of drug-likeness (QED) is 0.875. The highest BCUT2D eigenvalue weighted by atomic mass is 32.2. The number of methoxy groups -OCH3 is 2. The fourth-order valence-corrected chi connectivity index (χ4v) is 4.79. The van der Waals surface area contributed by atoms with Gasteiger partial charge >= 0.3 is 0 Å². The zero-order valence-electron chi connectivity index (χ0n) is 15.6. The number of aliphatic hydroxyl groups excluding tert-OH is 1. The number of nitrogens with zero attached hydrogens (tertiary/aromatic N) is 2. The van der Waals surface area contributed by atoms with E-state index in [2.05, 4.69) is 28.1 Å². The lowest BCUT2D eigenvalue weighted by atomic mass is 9.87. The van der Waals surface area contributed by atoms with Gasteiger partial charge in [0.05, 0.1) is 26.8 Å². The maximum Gasteiger partial charge on any atom is 0.161 e. The highest BCUT2D eigenvalue weighted by Crippen LogP contribution is 2.42. The Hall–Kier alpha value is -2.18. The van der Waals surface area contributed by atoms with Crippen molar-refractivity contribution in [1.82, 2.24) is 4.90 Å². The molecule has 4 rings (SSSR count). The molecule has 0 aromatic heterocycles. The van der Waals surface area contributed by atoms with Crippen LogP contribution >= 0.6 is 11.8 Å². The summed E-state index contributed by atoms with van der Waals surface area (Å²) in [5.74, 6) is 2.29. The average molecular weight is 385 g/mol. The van der Waals surface area contributed by atoms with Crippen LogP contribution in [0.2, 0.25) is 0 Å². The minimum atomic E-state index is -0.699. The lowest BCUT2D eigenvalue weighted by molar-refractivity contribution is 0.0793. The van der Waals surface area contributed by atoms with Gasteiger partial charge < -0.3 is 19.5 Å². The molecule has 5 nitrogen and oxygen atoms in total. The summed E-state index contributed by atoms with van der Waals surface area (Å²) in [5.41, 5.74) is 3.27. The number of ether oxygens (including phenoxy) is 2. The molecule has 2 aromatic rings. The molecule has 27 heavy (non-hydrogen) atoms. The summed E-state index contributed by atoms with van der Waals surface area (Å²) in [7, 11) is 3.22. The first kappa shape index (κ1) is 18.2. The lowest BCUT2D eigenvalue weighted by Crippen LogP contribution is -2.41. The number of aliphatic hydroxyl groups is 1. The molecule has 2 aromatic carbocycles. The molecular formula is C21H24N2O3S. The SMILES string of the molecule is COc1ccc(C(O)C2c3ccccc3CCN2C2=NCCS2)cc1OC. The van der Waals surface area contributed by atoms with E-state index in [1.54, 1.807) is 26.0 Å². The predicted octanol–water partition coefficient (Wildman–Crippen LogP) is 3.44. The van der Waals surface area contributed by atoms with Gasteiger partial charge in [0.1, 0.15) is 6.10 Å². The molecule has 0 spiro atoms. The normalized spacial score (nSPS) is 20.0. The van der Waals surface area contributed by atoms with Crippen molar-refractivity contribution in [1.29, 1.82) is 0 Å². The molecule has 142 valence electrons. The van der Waals surface area contributed by atoms with Crippen molar-refractivity contribution in [3.8, 4) is 11.5 Å². The maximum atomic E-state index is 11.4. The first-order valence-electron chi connectivity index (χ1n) is 9.14. The summed E-state index contributed by atoms with van der Waals surface area (Å²) < 4.78 is 10.8. The van der Waals surface area contributed by atoms with Gasteiger partial charge in [-0.25, -0.2) is 0 Å². The van der Waals surface area contributed by atoms with E-state index >= 15 is 0 Å². The van der Waals surface area contributed by atoms with Gasteiger partial charge in [-0.1, -0.05) is 42.1 Å². The van der Waals surface area contributed by atoms with Crippen molar-refractivity contribution in [2.24, 2.45) is 4.99 Å². The Balaban J connectivity index is 1.75. The van der Waals surface area contributed by atoms with Crippen LogP contribution in [0.15, 0.2) is 47.5 Å². The molecule has 2 heterocycles. The summed E-state index contributed by atoms with van der Waals surface area (Å²) in [6.07, 6.45) is 0.264. The molecule has 0 amide bonds. The molecule has 0 radical (unpaired) electrons. The number of hydrogen-bond acceptors (Lipinski definition) is 6. The molecule has 6 heteroatoms. The van der Waals surface area contributed by atoms with Crippen LogP contribution in [0.25, 0.3) is 0 Å². The minimum Gasteiger partial charge on any atom is -0.493 e. The van der Waals surface area contributed by atoms with Gasteiger partial charge in [-0.2, -0.15) is 0 Å². The van der Waals surface area contributed by atoms with Crippen LogP contribution in [0.5, 0.6) is 11.5 Å². The largest absolute Gasteiger partial charge is 0.493 e. The summed E-state index contributed by atoms with van der Waals surface area (Å²) in [6.45, 7) is 1.70. The van der Waals surface area contributed by atoms with Gasteiger partial charge in [0, 0.05) is 12.3 Å². The summed E-state index contributed by atoms with van der Waals surface area (Å²) in [5, 5.41) is 12.4. The van der Waals surface area contributed by atoms with Crippen LogP contribution < -0.4 is 9.47 Å². The molecule has 0 bridgehead atoms. The average Bonchev–Trinajstić information content (AvgIpc) is 3.26. The van der Waals surface area contributed by atoms with E-state index < -0.39 is 6.10 Å². The first-order valence-corrected chi connectivity index (χ1v) is 10.1. The molecule has 0 aliphatic carbocycles. The Labute approximate surface area is 164 Å². The number of benzene rings is 2. The van der Waals surface area contributed by atoms with Crippen LogP contribution in [0.4, 0.5) is 0 Å². The van der Waals surface area contributed by atoms with Gasteiger partial charge in [0.25, 0.3) is 0 Å². The molecule has 1 N–H and O–H groups in total. The van der Waals surface area contributed by atoms with Gasteiger partial charge in [0.15, 0.2) is 16.7 Å². The van der Waals surface area contributed by atoms with Crippen LogP contribution in [0, 0.1) is 0 Å².